The molecule has 0 bridgehead atoms. The number of ether oxygens (including phenoxy) is 1. The van der Waals surface area contributed by atoms with Gasteiger partial charge in [0.25, 0.3) is 0 Å². The molecule has 0 aliphatic heterocycles. The summed E-state index contributed by atoms with van der Waals surface area (Å²) in [5.74, 6) is -0.0570. The average Bonchev–Trinajstić information content (AvgIpc) is 3.51. The number of carbonyl (C=O) groups excluding carboxylic acids is 2. The van der Waals surface area contributed by atoms with Gasteiger partial charge in [-0.15, -0.1) is 0 Å². The summed E-state index contributed by atoms with van der Waals surface area (Å²) < 4.78 is 5.49. The Morgan fingerprint density at radius 2 is 0.588 bits per heavy atom. The number of aliphatic hydroxyl groups is 2. The van der Waals surface area contributed by atoms with Crippen LogP contribution in [-0.2, 0) is 14.3 Å². The Balaban J connectivity index is 3.38. The third-order valence-corrected chi connectivity index (χ3v) is 17.8. The smallest absolute Gasteiger partial charge is 0.305 e. The van der Waals surface area contributed by atoms with Gasteiger partial charge in [-0.05, 0) is 89.9 Å². The molecule has 3 N–H and O–H groups in total. The Morgan fingerprint density at radius 1 is 0.329 bits per heavy atom. The Hall–Kier alpha value is -2.18. The van der Waals surface area contributed by atoms with Gasteiger partial charge in [0, 0.05) is 12.8 Å². The maximum absolute atomic E-state index is 12.5. The molecule has 2 unspecified atom stereocenters. The summed E-state index contributed by atoms with van der Waals surface area (Å²) in [6.45, 7) is 4.92. The van der Waals surface area contributed by atoms with E-state index in [4.69, 9.17) is 4.74 Å². The first-order valence-electron chi connectivity index (χ1n) is 38.4. The van der Waals surface area contributed by atoms with Crippen LogP contribution in [-0.4, -0.2) is 47.4 Å². The number of esters is 1. The Kier molecular flexibility index (Phi) is 72.4. The SMILES string of the molecule is CCCCCC/C=C\C/C=C\CCCCCCCC(=O)OCCCCCCCCCCCCCC/C=C\CCCCCCCCCCCCCCCCCCC(=O)NC(CO)C(O)/C=C/CCCCCCCCCCCCCCCCCCCC. The van der Waals surface area contributed by atoms with Gasteiger partial charge in [0.1, 0.15) is 0 Å². The van der Waals surface area contributed by atoms with Crippen LogP contribution < -0.4 is 5.32 Å². The summed E-state index contributed by atoms with van der Waals surface area (Å²) in [7, 11) is 0. The van der Waals surface area contributed by atoms with E-state index in [0.717, 1.165) is 51.4 Å². The van der Waals surface area contributed by atoms with Crippen molar-refractivity contribution in [3.63, 3.8) is 0 Å². The molecule has 0 spiro atoms. The second-order valence-electron chi connectivity index (χ2n) is 26.3. The third kappa shape index (κ3) is 70.8. The largest absolute Gasteiger partial charge is 0.466 e. The summed E-state index contributed by atoms with van der Waals surface area (Å²) in [6.07, 6.45) is 97.9. The van der Waals surface area contributed by atoms with Crippen molar-refractivity contribution in [3.05, 3.63) is 48.6 Å². The predicted molar refractivity (Wildman–Crippen MR) is 375 cm³/mol. The Bertz CT molecular complexity index is 1420. The number of hydrogen-bond donors (Lipinski definition) is 3. The first-order chi connectivity index (χ1) is 42.0. The Labute approximate surface area is 531 Å². The number of allylic oxidation sites excluding steroid dienone is 7. The lowest BCUT2D eigenvalue weighted by molar-refractivity contribution is -0.143. The van der Waals surface area contributed by atoms with E-state index in [-0.39, 0.29) is 18.5 Å². The molecule has 1 amide bonds. The second kappa shape index (κ2) is 74.3. The summed E-state index contributed by atoms with van der Waals surface area (Å²) >= 11 is 0. The molecule has 2 atom stereocenters. The van der Waals surface area contributed by atoms with Crippen molar-refractivity contribution in [2.24, 2.45) is 0 Å². The molecule has 0 saturated heterocycles. The van der Waals surface area contributed by atoms with Crippen molar-refractivity contribution in [1.82, 2.24) is 5.32 Å². The maximum atomic E-state index is 12.5. The highest BCUT2D eigenvalue weighted by molar-refractivity contribution is 5.76. The summed E-state index contributed by atoms with van der Waals surface area (Å²) in [4.78, 5) is 24.6. The van der Waals surface area contributed by atoms with Gasteiger partial charge in [-0.25, -0.2) is 0 Å². The highest BCUT2D eigenvalue weighted by atomic mass is 16.5. The van der Waals surface area contributed by atoms with E-state index in [1.807, 2.05) is 6.08 Å². The third-order valence-electron chi connectivity index (χ3n) is 17.8. The van der Waals surface area contributed by atoms with Crippen molar-refractivity contribution in [1.29, 1.82) is 0 Å². The van der Waals surface area contributed by atoms with Crippen LogP contribution in [0, 0.1) is 0 Å². The lowest BCUT2D eigenvalue weighted by atomic mass is 10.0. The van der Waals surface area contributed by atoms with Crippen molar-refractivity contribution < 1.29 is 24.5 Å². The van der Waals surface area contributed by atoms with Crippen molar-refractivity contribution in [2.45, 2.75) is 431 Å². The molecule has 0 aromatic carbocycles. The quantitative estimate of drug-likeness (QED) is 0.0320. The van der Waals surface area contributed by atoms with Gasteiger partial charge >= 0.3 is 5.97 Å². The maximum Gasteiger partial charge on any atom is 0.305 e. The minimum Gasteiger partial charge on any atom is -0.466 e. The zero-order valence-corrected chi connectivity index (χ0v) is 57.4. The van der Waals surface area contributed by atoms with Gasteiger partial charge in [0.05, 0.1) is 25.4 Å². The fourth-order valence-corrected chi connectivity index (χ4v) is 12.0. The van der Waals surface area contributed by atoms with Crippen molar-refractivity contribution >= 4 is 11.9 Å². The molecule has 6 heteroatoms. The minimum absolute atomic E-state index is 0.00478. The molecule has 0 rings (SSSR count). The number of amides is 1. The standard InChI is InChI=1S/C79H149NO5/c1-3-5-7-9-11-13-15-17-19-21-22-37-40-43-47-51-55-59-63-67-71-77(82)76(75-81)80-78(83)72-68-64-60-56-52-48-44-41-38-35-33-31-29-27-25-23-24-26-28-30-32-34-36-39-42-46-50-54-58-62-66-70-74-85-79(84)73-69-65-61-57-53-49-45-20-18-16-14-12-10-8-6-4-2/h14,16,20,26,28,45,67,71,76-77,81-82H,3-13,15,17-19,21-25,27,29-44,46-66,68-70,72-75H2,1-2H3,(H,80,83)/b16-14-,28-26-,45-20-,71-67+. The number of hydrogen-bond acceptors (Lipinski definition) is 5. The lowest BCUT2D eigenvalue weighted by Crippen LogP contribution is -2.45. The van der Waals surface area contributed by atoms with Crippen molar-refractivity contribution in [2.75, 3.05) is 13.2 Å². The monoisotopic (exact) mass is 1190 g/mol. The molecule has 0 radical (unpaired) electrons. The van der Waals surface area contributed by atoms with Crippen LogP contribution in [0.3, 0.4) is 0 Å². The molecule has 500 valence electrons. The van der Waals surface area contributed by atoms with E-state index in [1.165, 1.54) is 340 Å². The van der Waals surface area contributed by atoms with E-state index in [2.05, 4.69) is 55.6 Å². The molecule has 85 heavy (non-hydrogen) atoms. The van der Waals surface area contributed by atoms with Crippen LogP contribution in [0.5, 0.6) is 0 Å². The van der Waals surface area contributed by atoms with E-state index >= 15 is 0 Å². The molecule has 0 aliphatic rings. The molecule has 0 heterocycles. The van der Waals surface area contributed by atoms with Gasteiger partial charge in [-0.1, -0.05) is 364 Å². The number of nitrogens with one attached hydrogen (secondary N) is 1. The predicted octanol–water partition coefficient (Wildman–Crippen LogP) is 25.2. The zero-order chi connectivity index (χ0) is 61.3. The zero-order valence-electron chi connectivity index (χ0n) is 57.4. The molecular formula is C79H149NO5. The molecular weight excluding hydrogens is 1040 g/mol. The van der Waals surface area contributed by atoms with E-state index in [1.54, 1.807) is 6.08 Å². The number of rotatable bonds is 72. The summed E-state index contributed by atoms with van der Waals surface area (Å²) in [6, 6.07) is -0.627. The van der Waals surface area contributed by atoms with Gasteiger partial charge in [0.2, 0.25) is 5.91 Å². The molecule has 0 aromatic rings. The van der Waals surface area contributed by atoms with E-state index in [9.17, 15) is 19.8 Å². The highest BCUT2D eigenvalue weighted by Crippen LogP contribution is 2.19. The van der Waals surface area contributed by atoms with Gasteiger partial charge < -0.3 is 20.3 Å². The van der Waals surface area contributed by atoms with Crippen LogP contribution in [0.15, 0.2) is 48.6 Å². The highest BCUT2D eigenvalue weighted by Gasteiger charge is 2.18. The number of aliphatic hydroxyl groups excluding tert-OH is 2. The van der Waals surface area contributed by atoms with Crippen LogP contribution in [0.4, 0.5) is 0 Å². The molecule has 0 aliphatic carbocycles. The molecule has 0 saturated carbocycles. The van der Waals surface area contributed by atoms with E-state index in [0.29, 0.717) is 19.4 Å². The second-order valence-corrected chi connectivity index (χ2v) is 26.3. The lowest BCUT2D eigenvalue weighted by Gasteiger charge is -2.20. The van der Waals surface area contributed by atoms with Crippen LogP contribution in [0.1, 0.15) is 418 Å². The minimum atomic E-state index is -0.844. The molecule has 0 aromatic heterocycles. The van der Waals surface area contributed by atoms with Crippen LogP contribution in [0.2, 0.25) is 0 Å². The average molecular weight is 1190 g/mol. The topological polar surface area (TPSA) is 95.9 Å². The summed E-state index contributed by atoms with van der Waals surface area (Å²) in [5, 5.41) is 23.3. The number of unbranched alkanes of at least 4 members (excludes halogenated alkanes) is 55. The normalized spacial score (nSPS) is 12.8. The van der Waals surface area contributed by atoms with Gasteiger partial charge in [0.15, 0.2) is 0 Å². The van der Waals surface area contributed by atoms with Gasteiger partial charge in [-0.3, -0.25) is 9.59 Å². The summed E-state index contributed by atoms with van der Waals surface area (Å²) in [5.41, 5.74) is 0. The fraction of sp³-hybridized carbons (Fsp3) is 0.873. The van der Waals surface area contributed by atoms with Gasteiger partial charge in [-0.2, -0.15) is 0 Å². The van der Waals surface area contributed by atoms with Crippen LogP contribution in [0.25, 0.3) is 0 Å². The Morgan fingerprint density at radius 3 is 0.918 bits per heavy atom. The fourth-order valence-electron chi connectivity index (χ4n) is 12.0. The first-order valence-corrected chi connectivity index (χ1v) is 38.4. The first kappa shape index (κ1) is 82.8. The number of carbonyl (C=O) groups is 2. The molecule has 0 fully saturated rings. The van der Waals surface area contributed by atoms with E-state index < -0.39 is 12.1 Å². The molecule has 6 nitrogen and oxygen atoms in total. The van der Waals surface area contributed by atoms with Crippen molar-refractivity contribution in [3.8, 4) is 0 Å². The van der Waals surface area contributed by atoms with Crippen LogP contribution >= 0.6 is 0 Å².